The second kappa shape index (κ2) is 4.87. The number of nitrogens with zero attached hydrogens (tertiary/aromatic N) is 1. The zero-order chi connectivity index (χ0) is 9.68. The van der Waals surface area contributed by atoms with Crippen LogP contribution in [0.4, 0.5) is 0 Å². The van der Waals surface area contributed by atoms with Crippen LogP contribution < -0.4 is 9.67 Å². The Kier molecular flexibility index (Phi) is 3.76. The first-order valence-corrected chi connectivity index (χ1v) is 4.69. The maximum atomic E-state index is 11.0. The highest BCUT2D eigenvalue weighted by molar-refractivity contribution is 9.10. The normalized spacial score (nSPS) is 11.4. The van der Waals surface area contributed by atoms with E-state index in [1.807, 2.05) is 12.1 Å². The maximum absolute atomic E-state index is 11.0. The van der Waals surface area contributed by atoms with Crippen molar-refractivity contribution < 1.29 is 14.4 Å². The standard InChI is InChI=1S/C9H10BrNO2/c1-2-13-9(12)7-11-5-3-4-8(10)6-11/h3-7H,2H2,1H3/b9-7+. The number of hydrogen-bond donors (Lipinski definition) is 0. The van der Waals surface area contributed by atoms with Crippen molar-refractivity contribution in [3.63, 3.8) is 0 Å². The molecular formula is C9H10BrNO2. The predicted octanol–water partition coefficient (Wildman–Crippen LogP) is 0.889. The summed E-state index contributed by atoms with van der Waals surface area (Å²) in [5, 5.41) is 11.0. The molecule has 0 bridgehead atoms. The van der Waals surface area contributed by atoms with E-state index in [1.165, 1.54) is 6.20 Å². The molecule has 0 N–H and O–H groups in total. The molecule has 70 valence electrons. The molecule has 4 heteroatoms. The summed E-state index contributed by atoms with van der Waals surface area (Å²) in [6.45, 7) is 2.17. The van der Waals surface area contributed by atoms with Gasteiger partial charge < -0.3 is 9.84 Å². The van der Waals surface area contributed by atoms with Crippen molar-refractivity contribution in [3.05, 3.63) is 34.9 Å². The number of aromatic nitrogens is 1. The predicted molar refractivity (Wildman–Crippen MR) is 50.2 cm³/mol. The number of halogens is 1. The Labute approximate surface area is 85.4 Å². The van der Waals surface area contributed by atoms with Crippen molar-refractivity contribution in [2.45, 2.75) is 6.92 Å². The molecule has 0 saturated carbocycles. The number of pyridine rings is 1. The molecule has 1 heterocycles. The molecule has 0 aliphatic heterocycles. The Hall–Kier alpha value is -1.03. The molecule has 1 rings (SSSR count). The molecule has 0 aliphatic rings. The van der Waals surface area contributed by atoms with Gasteiger partial charge in [-0.05, 0) is 28.6 Å². The van der Waals surface area contributed by atoms with E-state index in [-0.39, 0.29) is 5.95 Å². The Bertz CT molecular complexity index is 312. The van der Waals surface area contributed by atoms with E-state index in [0.717, 1.165) is 4.47 Å². The van der Waals surface area contributed by atoms with Gasteiger partial charge in [0.2, 0.25) is 0 Å². The van der Waals surface area contributed by atoms with Gasteiger partial charge >= 0.3 is 0 Å². The van der Waals surface area contributed by atoms with Crippen molar-refractivity contribution in [1.29, 1.82) is 0 Å². The van der Waals surface area contributed by atoms with Crippen LogP contribution in [0.2, 0.25) is 0 Å². The number of ether oxygens (including phenoxy) is 1. The van der Waals surface area contributed by atoms with Gasteiger partial charge in [0.1, 0.15) is 5.95 Å². The molecule has 13 heavy (non-hydrogen) atoms. The van der Waals surface area contributed by atoms with E-state index in [4.69, 9.17) is 4.74 Å². The van der Waals surface area contributed by atoms with Crippen LogP contribution in [0.3, 0.4) is 0 Å². The summed E-state index contributed by atoms with van der Waals surface area (Å²) in [6, 6.07) is 3.72. The van der Waals surface area contributed by atoms with Crippen LogP contribution in [0.1, 0.15) is 6.92 Å². The Balaban J connectivity index is 2.78. The first-order valence-electron chi connectivity index (χ1n) is 3.90. The van der Waals surface area contributed by atoms with E-state index in [2.05, 4.69) is 15.9 Å². The summed E-state index contributed by atoms with van der Waals surface area (Å²) in [4.78, 5) is 0. The van der Waals surface area contributed by atoms with Gasteiger partial charge in [-0.3, -0.25) is 0 Å². The molecule has 3 nitrogen and oxygen atoms in total. The molecule has 0 aromatic carbocycles. The highest BCUT2D eigenvalue weighted by Crippen LogP contribution is 2.03. The van der Waals surface area contributed by atoms with Crippen molar-refractivity contribution in [2.24, 2.45) is 0 Å². The van der Waals surface area contributed by atoms with Crippen LogP contribution in [0, 0.1) is 0 Å². The van der Waals surface area contributed by atoms with Crippen molar-refractivity contribution in [1.82, 2.24) is 0 Å². The van der Waals surface area contributed by atoms with Gasteiger partial charge in [-0.1, -0.05) is 6.92 Å². The molecule has 0 fully saturated rings. The van der Waals surface area contributed by atoms with Crippen LogP contribution in [0.15, 0.2) is 34.9 Å². The summed E-state index contributed by atoms with van der Waals surface area (Å²) in [5.41, 5.74) is 0. The third-order valence-electron chi connectivity index (χ3n) is 1.33. The lowest BCUT2D eigenvalue weighted by Gasteiger charge is -2.08. The first kappa shape index (κ1) is 10.1. The molecule has 0 atom stereocenters. The van der Waals surface area contributed by atoms with Crippen LogP contribution in [0.5, 0.6) is 0 Å². The molecule has 0 radical (unpaired) electrons. The lowest BCUT2D eigenvalue weighted by atomic mass is 10.5. The minimum absolute atomic E-state index is 0.342. The summed E-state index contributed by atoms with van der Waals surface area (Å²) in [5.74, 6) is -0.342. The SMILES string of the molecule is CCO/C([O-])=C/[n+]1cccc(Br)c1. The third kappa shape index (κ3) is 3.46. The molecule has 0 saturated heterocycles. The van der Waals surface area contributed by atoms with Crippen LogP contribution in [-0.4, -0.2) is 6.61 Å². The van der Waals surface area contributed by atoms with Crippen molar-refractivity contribution in [3.8, 4) is 0 Å². The average Bonchev–Trinajstić information content (AvgIpc) is 2.04. The fourth-order valence-corrected chi connectivity index (χ4v) is 1.23. The average molecular weight is 244 g/mol. The van der Waals surface area contributed by atoms with Crippen molar-refractivity contribution in [2.75, 3.05) is 6.61 Å². The van der Waals surface area contributed by atoms with Gasteiger partial charge in [0.05, 0.1) is 4.47 Å². The fraction of sp³-hybridized carbons (Fsp3) is 0.222. The summed E-state index contributed by atoms with van der Waals surface area (Å²) in [6.07, 6.45) is 4.92. The minimum Gasteiger partial charge on any atom is -0.610 e. The zero-order valence-electron chi connectivity index (χ0n) is 7.24. The Morgan fingerprint density at radius 3 is 3.15 bits per heavy atom. The van der Waals surface area contributed by atoms with E-state index >= 15 is 0 Å². The lowest BCUT2D eigenvalue weighted by molar-refractivity contribution is -0.576. The van der Waals surface area contributed by atoms with E-state index in [1.54, 1.807) is 23.9 Å². The second-order valence-corrected chi connectivity index (χ2v) is 3.27. The monoisotopic (exact) mass is 243 g/mol. The Morgan fingerprint density at radius 1 is 1.77 bits per heavy atom. The Morgan fingerprint density at radius 2 is 2.54 bits per heavy atom. The van der Waals surface area contributed by atoms with Gasteiger partial charge in [0.15, 0.2) is 18.6 Å². The molecule has 0 unspecified atom stereocenters. The molecule has 1 aromatic heterocycles. The third-order valence-corrected chi connectivity index (χ3v) is 1.80. The second-order valence-electron chi connectivity index (χ2n) is 2.35. The van der Waals surface area contributed by atoms with E-state index in [0.29, 0.717) is 6.61 Å². The summed E-state index contributed by atoms with van der Waals surface area (Å²) >= 11 is 3.30. The van der Waals surface area contributed by atoms with E-state index < -0.39 is 0 Å². The van der Waals surface area contributed by atoms with Gasteiger partial charge in [0, 0.05) is 6.07 Å². The maximum Gasteiger partial charge on any atom is 0.196 e. The van der Waals surface area contributed by atoms with Crippen LogP contribution in [0.25, 0.3) is 6.20 Å². The van der Waals surface area contributed by atoms with Crippen LogP contribution in [-0.2, 0) is 4.74 Å². The van der Waals surface area contributed by atoms with Crippen LogP contribution >= 0.6 is 15.9 Å². The lowest BCUT2D eigenvalue weighted by Crippen LogP contribution is -2.27. The molecule has 1 aromatic rings. The highest BCUT2D eigenvalue weighted by atomic mass is 79.9. The quantitative estimate of drug-likeness (QED) is 0.584. The highest BCUT2D eigenvalue weighted by Gasteiger charge is 1.96. The fourth-order valence-electron chi connectivity index (χ4n) is 0.844. The van der Waals surface area contributed by atoms with Gasteiger partial charge in [-0.15, -0.1) is 0 Å². The summed E-state index contributed by atoms with van der Waals surface area (Å²) in [7, 11) is 0. The number of hydrogen-bond acceptors (Lipinski definition) is 2. The van der Waals surface area contributed by atoms with Gasteiger partial charge in [-0.25, -0.2) is 0 Å². The topological polar surface area (TPSA) is 36.2 Å². The zero-order valence-corrected chi connectivity index (χ0v) is 8.82. The van der Waals surface area contributed by atoms with Crippen molar-refractivity contribution >= 4 is 22.1 Å². The van der Waals surface area contributed by atoms with E-state index in [9.17, 15) is 5.11 Å². The number of rotatable bonds is 3. The largest absolute Gasteiger partial charge is 0.610 e. The molecule has 0 spiro atoms. The summed E-state index contributed by atoms with van der Waals surface area (Å²) < 4.78 is 7.31. The molecular weight excluding hydrogens is 234 g/mol. The smallest absolute Gasteiger partial charge is 0.196 e. The molecule has 0 aliphatic carbocycles. The van der Waals surface area contributed by atoms with Gasteiger partial charge in [0.25, 0.3) is 0 Å². The first-order chi connectivity index (χ1) is 6.22. The van der Waals surface area contributed by atoms with Gasteiger partial charge in [-0.2, -0.15) is 4.57 Å². The molecule has 0 amide bonds. The minimum atomic E-state index is -0.342.